The highest BCUT2D eigenvalue weighted by atomic mass is 35.5. The molecule has 1 unspecified atom stereocenters. The zero-order chi connectivity index (χ0) is 39.1. The summed E-state index contributed by atoms with van der Waals surface area (Å²) < 4.78 is 20.9. The largest absolute Gasteiger partial charge is 0.471 e. The third-order valence-corrected chi connectivity index (χ3v) is 9.42. The van der Waals surface area contributed by atoms with Gasteiger partial charge in [-0.3, -0.25) is 19.0 Å². The van der Waals surface area contributed by atoms with Crippen LogP contribution in [0.1, 0.15) is 56.7 Å². The van der Waals surface area contributed by atoms with E-state index in [1.807, 2.05) is 12.1 Å². The molecule has 0 saturated carbocycles. The van der Waals surface area contributed by atoms with E-state index in [0.717, 1.165) is 51.8 Å². The molecule has 0 radical (unpaired) electrons. The van der Waals surface area contributed by atoms with E-state index in [0.29, 0.717) is 23.5 Å². The number of furan rings is 2. The number of anilines is 3. The van der Waals surface area contributed by atoms with E-state index in [2.05, 4.69) is 20.9 Å². The number of para-hydroxylation sites is 2. The van der Waals surface area contributed by atoms with E-state index in [-0.39, 0.29) is 46.8 Å². The van der Waals surface area contributed by atoms with Crippen molar-refractivity contribution in [3.8, 4) is 5.75 Å². The number of aryl methyl sites for hydroxylation is 1. The fourth-order valence-electron chi connectivity index (χ4n) is 6.18. The molecule has 6 aromatic rings. The first-order valence-electron chi connectivity index (χ1n) is 17.7. The van der Waals surface area contributed by atoms with Crippen LogP contribution in [-0.2, 0) is 36.6 Å². The predicted molar refractivity (Wildman–Crippen MR) is 207 cm³/mol. The van der Waals surface area contributed by atoms with Crippen molar-refractivity contribution in [2.75, 3.05) is 22.7 Å². The second-order valence-corrected chi connectivity index (χ2v) is 13.3. The number of hydrogen-bond acceptors (Lipinski definition) is 10. The number of aromatic nitrogens is 5. The first-order chi connectivity index (χ1) is 26.5. The number of nitrogens with one attached hydrogen (secondary N) is 3. The molecular formula is C38H41ClN8O8. The molecule has 4 heterocycles. The number of unbranched alkanes of at least 4 members (excludes halogenated alkanes) is 4. The second-order valence-electron chi connectivity index (χ2n) is 12.9. The van der Waals surface area contributed by atoms with Gasteiger partial charge in [-0.05, 0) is 61.4 Å². The summed E-state index contributed by atoms with van der Waals surface area (Å²) in [5, 5.41) is 8.89. The van der Waals surface area contributed by atoms with Gasteiger partial charge in [-0.25, -0.2) is 23.5 Å². The monoisotopic (exact) mass is 772 g/mol. The Bertz CT molecular complexity index is 2440. The third-order valence-electron chi connectivity index (χ3n) is 9.09. The Morgan fingerprint density at radius 2 is 1.60 bits per heavy atom. The Morgan fingerprint density at radius 1 is 0.855 bits per heavy atom. The summed E-state index contributed by atoms with van der Waals surface area (Å²) in [6, 6.07) is 15.3. The van der Waals surface area contributed by atoms with Crippen molar-refractivity contribution in [2.24, 2.45) is 14.1 Å². The maximum Gasteiger partial charge on any atom is 0.348 e. The van der Waals surface area contributed by atoms with E-state index < -0.39 is 28.9 Å². The number of halogens is 1. The molecule has 0 saturated heterocycles. The zero-order valence-corrected chi connectivity index (χ0v) is 31.3. The first-order valence-corrected chi connectivity index (χ1v) is 18.1. The number of hydrogen-bond donors (Lipinski definition) is 3. The third kappa shape index (κ3) is 8.75. The fourth-order valence-corrected chi connectivity index (χ4v) is 6.34. The molecule has 4 aromatic heterocycles. The fraction of sp³-hybridized carbons (Fsp3) is 0.316. The summed E-state index contributed by atoms with van der Waals surface area (Å²) in [6.45, 7) is 1.54. The van der Waals surface area contributed by atoms with Gasteiger partial charge in [0.05, 0.1) is 28.9 Å². The molecule has 0 aliphatic heterocycles. The second kappa shape index (κ2) is 17.2. The number of amides is 2. The molecule has 0 aliphatic rings. The lowest BCUT2D eigenvalue weighted by Crippen LogP contribution is -2.43. The molecule has 0 fully saturated rings. The van der Waals surface area contributed by atoms with Gasteiger partial charge in [0.25, 0.3) is 11.5 Å². The lowest BCUT2D eigenvalue weighted by atomic mass is 10.1. The molecule has 0 spiro atoms. The summed E-state index contributed by atoms with van der Waals surface area (Å²) in [6.07, 6.45) is 7.93. The van der Waals surface area contributed by atoms with E-state index in [4.69, 9.17) is 25.2 Å². The van der Waals surface area contributed by atoms with Crippen LogP contribution in [0.5, 0.6) is 5.75 Å². The summed E-state index contributed by atoms with van der Waals surface area (Å²) >= 11 is 6.55. The highest BCUT2D eigenvalue weighted by Gasteiger charge is 2.34. The minimum Gasteiger partial charge on any atom is -0.471 e. The summed E-state index contributed by atoms with van der Waals surface area (Å²) in [5.41, 5.74) is -0.993. The van der Waals surface area contributed by atoms with Crippen LogP contribution in [-0.4, -0.2) is 42.0 Å². The molecule has 16 nitrogen and oxygen atoms in total. The van der Waals surface area contributed by atoms with Crippen molar-refractivity contribution < 1.29 is 23.2 Å². The van der Waals surface area contributed by atoms with Gasteiger partial charge < -0.3 is 29.5 Å². The van der Waals surface area contributed by atoms with E-state index in [9.17, 15) is 24.0 Å². The molecule has 1 atom stereocenters. The van der Waals surface area contributed by atoms with Gasteiger partial charge in [0.15, 0.2) is 12.8 Å². The van der Waals surface area contributed by atoms with Crippen LogP contribution in [0.4, 0.5) is 17.1 Å². The SMILES string of the molecule is CC(=O)Nc1ccccc1OCNc1ccc(Cl)c(NC(=O)C(c2nc3occc3c(=O)n2CCCCCCCc2ccco2)n2c(=O)n(C)n(C)c2=O)c1. The van der Waals surface area contributed by atoms with E-state index in [1.165, 1.54) is 37.9 Å². The van der Waals surface area contributed by atoms with Crippen molar-refractivity contribution in [1.29, 1.82) is 0 Å². The Labute approximate surface area is 319 Å². The van der Waals surface area contributed by atoms with E-state index >= 15 is 0 Å². The Morgan fingerprint density at radius 3 is 2.35 bits per heavy atom. The smallest absolute Gasteiger partial charge is 0.348 e. The van der Waals surface area contributed by atoms with Gasteiger partial charge in [-0.1, -0.05) is 43.0 Å². The average Bonchev–Trinajstić information content (AvgIpc) is 3.91. The molecule has 17 heteroatoms. The lowest BCUT2D eigenvalue weighted by molar-refractivity contribution is -0.118. The predicted octanol–water partition coefficient (Wildman–Crippen LogP) is 5.26. The number of ether oxygens (including phenoxy) is 1. The summed E-state index contributed by atoms with van der Waals surface area (Å²) in [4.78, 5) is 71.7. The maximum atomic E-state index is 14.5. The highest BCUT2D eigenvalue weighted by molar-refractivity contribution is 6.33. The molecule has 6 rings (SSSR count). The van der Waals surface area contributed by atoms with Crippen LogP contribution in [0.15, 0.2) is 96.4 Å². The number of carbonyl (C=O) groups excluding carboxylic acids is 2. The van der Waals surface area contributed by atoms with Crippen LogP contribution in [0.3, 0.4) is 0 Å². The Kier molecular flexibility index (Phi) is 12.0. The zero-order valence-electron chi connectivity index (χ0n) is 30.5. The van der Waals surface area contributed by atoms with Crippen molar-refractivity contribution in [3.05, 3.63) is 121 Å². The van der Waals surface area contributed by atoms with Crippen LogP contribution in [0, 0.1) is 0 Å². The number of fused-ring (bicyclic) bond motifs is 1. The Hall–Kier alpha value is -6.29. The van der Waals surface area contributed by atoms with Gasteiger partial charge in [-0.15, -0.1) is 0 Å². The van der Waals surface area contributed by atoms with Crippen LogP contribution in [0.25, 0.3) is 11.1 Å². The summed E-state index contributed by atoms with van der Waals surface area (Å²) in [5.74, 6) is 0.115. The van der Waals surface area contributed by atoms with Gasteiger partial charge >= 0.3 is 11.4 Å². The standard InChI is InChI=1S/C38H41ClN8O8/c1-24(48)41-29-14-8-9-15-31(29)55-23-40-25-16-17-28(39)30(22-25)42-34(49)32(47-37(51)44(2)45(3)38(47)52)33-43-35-27(18-21-54-35)36(50)46(33)19-10-6-4-5-7-12-26-13-11-20-53-26/h8-9,11,13-18,20-22,32,40H,4-7,10,12,19,23H2,1-3H3,(H,41,48)(H,42,49). The molecule has 3 N–H and O–H groups in total. The van der Waals surface area contributed by atoms with Crippen molar-refractivity contribution in [2.45, 2.75) is 58.0 Å². The normalized spacial score (nSPS) is 11.8. The van der Waals surface area contributed by atoms with Gasteiger partial charge in [0.1, 0.15) is 22.7 Å². The Balaban J connectivity index is 1.27. The van der Waals surface area contributed by atoms with Crippen molar-refractivity contribution in [1.82, 2.24) is 23.5 Å². The lowest BCUT2D eigenvalue weighted by Gasteiger charge is -2.21. The van der Waals surface area contributed by atoms with Crippen LogP contribution >= 0.6 is 11.6 Å². The highest BCUT2D eigenvalue weighted by Crippen LogP contribution is 2.29. The van der Waals surface area contributed by atoms with Gasteiger partial charge in [0, 0.05) is 39.7 Å². The molecular weight excluding hydrogens is 732 g/mol. The van der Waals surface area contributed by atoms with Crippen LogP contribution < -0.4 is 37.6 Å². The number of nitrogens with zero attached hydrogens (tertiary/aromatic N) is 5. The molecule has 55 heavy (non-hydrogen) atoms. The summed E-state index contributed by atoms with van der Waals surface area (Å²) in [7, 11) is 2.78. The number of rotatable bonds is 17. The van der Waals surface area contributed by atoms with Crippen molar-refractivity contribution in [3.63, 3.8) is 0 Å². The molecule has 0 aliphatic carbocycles. The average molecular weight is 773 g/mol. The van der Waals surface area contributed by atoms with Crippen LogP contribution in [0.2, 0.25) is 5.02 Å². The number of benzene rings is 2. The molecule has 2 aromatic carbocycles. The first kappa shape index (κ1) is 38.4. The molecule has 288 valence electrons. The quantitative estimate of drug-likeness (QED) is 0.0815. The van der Waals surface area contributed by atoms with E-state index in [1.54, 1.807) is 48.7 Å². The van der Waals surface area contributed by atoms with Gasteiger partial charge in [-0.2, -0.15) is 4.98 Å². The minimum absolute atomic E-state index is 0.0208. The molecule has 2 amide bonds. The number of carbonyl (C=O) groups is 2. The molecule has 0 bridgehead atoms. The van der Waals surface area contributed by atoms with Crippen molar-refractivity contribution >= 4 is 51.6 Å². The van der Waals surface area contributed by atoms with Gasteiger partial charge in [0.2, 0.25) is 11.6 Å². The topological polar surface area (TPSA) is 190 Å². The maximum absolute atomic E-state index is 14.5. The minimum atomic E-state index is -1.70.